The molecule has 10 heteroatoms. The van der Waals surface area contributed by atoms with Crippen molar-refractivity contribution in [2.45, 2.75) is 245 Å². The Kier molecular flexibility index (Phi) is 41.4. The van der Waals surface area contributed by atoms with Crippen LogP contribution in [0.1, 0.15) is 233 Å². The van der Waals surface area contributed by atoms with E-state index >= 15 is 0 Å². The summed E-state index contributed by atoms with van der Waals surface area (Å²) in [6.45, 7) is 9.64. The van der Waals surface area contributed by atoms with Gasteiger partial charge in [-0.3, -0.25) is 14.4 Å². The van der Waals surface area contributed by atoms with E-state index in [1.165, 1.54) is 83.5 Å². The number of nitrogens with one attached hydrogen (secondary N) is 1. The highest BCUT2D eigenvalue weighted by atomic mass is 16.6. The molecule has 1 aliphatic heterocycles. The van der Waals surface area contributed by atoms with Crippen LogP contribution in [0.4, 0.5) is 4.79 Å². The molecular formula is C54H96N2O8. The topological polar surface area (TPSA) is 120 Å². The van der Waals surface area contributed by atoms with Crippen molar-refractivity contribution in [3.8, 4) is 0 Å². The first-order chi connectivity index (χ1) is 31.4. The van der Waals surface area contributed by atoms with Gasteiger partial charge in [-0.1, -0.05) is 154 Å². The Labute approximate surface area is 391 Å². The van der Waals surface area contributed by atoms with Crippen molar-refractivity contribution in [2.75, 3.05) is 39.4 Å². The van der Waals surface area contributed by atoms with Crippen LogP contribution in [0.15, 0.2) is 36.5 Å². The first-order valence-electron chi connectivity index (χ1n) is 26.5. The highest BCUT2D eigenvalue weighted by Crippen LogP contribution is 2.15. The Morgan fingerprint density at radius 1 is 0.484 bits per heavy atom. The monoisotopic (exact) mass is 901 g/mol. The molecule has 0 bridgehead atoms. The van der Waals surface area contributed by atoms with E-state index in [2.05, 4.69) is 67.4 Å². The van der Waals surface area contributed by atoms with Crippen LogP contribution in [-0.2, 0) is 33.3 Å². The number of unbranched alkanes of at least 4 members (excludes halogenated alkanes) is 20. The van der Waals surface area contributed by atoms with Gasteiger partial charge in [-0.15, -0.1) is 0 Å². The summed E-state index contributed by atoms with van der Waals surface area (Å²) >= 11 is 0. The Bertz CT molecular complexity index is 1210. The van der Waals surface area contributed by atoms with E-state index in [1.54, 1.807) is 0 Å². The maximum atomic E-state index is 13.1. The molecule has 1 saturated heterocycles. The second-order valence-corrected chi connectivity index (χ2v) is 18.0. The van der Waals surface area contributed by atoms with Gasteiger partial charge < -0.3 is 29.2 Å². The molecule has 2 unspecified atom stereocenters. The maximum Gasteiger partial charge on any atom is 0.407 e. The molecule has 1 heterocycles. The van der Waals surface area contributed by atoms with Gasteiger partial charge in [-0.25, -0.2) is 4.79 Å². The lowest BCUT2D eigenvalue weighted by Gasteiger charge is -2.21. The molecule has 1 amide bonds. The molecule has 1 N–H and O–H groups in total. The van der Waals surface area contributed by atoms with Gasteiger partial charge in [-0.2, -0.15) is 0 Å². The Hall–Kier alpha value is -3.14. The Morgan fingerprint density at radius 3 is 1.47 bits per heavy atom. The lowest BCUT2D eigenvalue weighted by atomic mass is 10.1. The van der Waals surface area contributed by atoms with Crippen molar-refractivity contribution in [3.05, 3.63) is 36.5 Å². The molecule has 0 aromatic carbocycles. The van der Waals surface area contributed by atoms with Gasteiger partial charge in [0.05, 0.1) is 0 Å². The van der Waals surface area contributed by atoms with E-state index in [0.717, 1.165) is 116 Å². The van der Waals surface area contributed by atoms with E-state index in [1.807, 2.05) is 0 Å². The normalized spacial score (nSPS) is 14.1. The SMILES string of the molecule is CCCCC/C=C\C/C=C\CCCCCCCC(=O)OCC(COC(=O)CCCCCCC/C=C\CCCCCCCC)OC(=O)CCC(CCCC)OC(=O)NCCN1CCCC1. The van der Waals surface area contributed by atoms with Gasteiger partial charge in [0, 0.05) is 32.4 Å². The van der Waals surface area contributed by atoms with Crippen LogP contribution in [0.2, 0.25) is 0 Å². The lowest BCUT2D eigenvalue weighted by Crippen LogP contribution is -2.36. The van der Waals surface area contributed by atoms with Crippen LogP contribution >= 0.6 is 0 Å². The lowest BCUT2D eigenvalue weighted by molar-refractivity contribution is -0.167. The van der Waals surface area contributed by atoms with Crippen LogP contribution in [0.5, 0.6) is 0 Å². The molecule has 0 saturated carbocycles. The third-order valence-electron chi connectivity index (χ3n) is 11.9. The predicted octanol–water partition coefficient (Wildman–Crippen LogP) is 14.0. The van der Waals surface area contributed by atoms with Crippen LogP contribution in [0, 0.1) is 0 Å². The average molecular weight is 901 g/mol. The summed E-state index contributed by atoms with van der Waals surface area (Å²) in [4.78, 5) is 53.4. The predicted molar refractivity (Wildman–Crippen MR) is 263 cm³/mol. The zero-order valence-corrected chi connectivity index (χ0v) is 41.4. The van der Waals surface area contributed by atoms with E-state index in [9.17, 15) is 19.2 Å². The minimum absolute atomic E-state index is 0.0225. The van der Waals surface area contributed by atoms with Gasteiger partial charge in [0.2, 0.25) is 0 Å². The first kappa shape index (κ1) is 58.9. The van der Waals surface area contributed by atoms with Crippen molar-refractivity contribution in [2.24, 2.45) is 0 Å². The van der Waals surface area contributed by atoms with Crippen molar-refractivity contribution in [1.82, 2.24) is 10.2 Å². The number of hydrogen-bond donors (Lipinski definition) is 1. The molecule has 370 valence electrons. The van der Waals surface area contributed by atoms with Gasteiger partial charge in [0.15, 0.2) is 6.10 Å². The minimum atomic E-state index is -0.914. The fraction of sp³-hybridized carbons (Fsp3) is 0.815. The molecule has 1 rings (SSSR count). The summed E-state index contributed by atoms with van der Waals surface area (Å²) in [5, 5.41) is 2.85. The standard InChI is InChI=1S/C54H96N2O8/c1-4-7-10-12-14-16-18-20-22-24-26-28-30-32-34-39-51(57)61-47-50(48-62-52(58)40-35-33-31-29-27-25-23-21-19-17-15-13-11-8-5-2)63-53(59)42-41-49(38-9-6-3)64-54(60)55-43-46-56-44-36-37-45-56/h14,16,20-23,49-50H,4-13,15,17-19,24-48H2,1-3H3,(H,55,60)/b16-14-,22-20-,23-21-. The van der Waals surface area contributed by atoms with Crippen LogP contribution in [0.25, 0.3) is 0 Å². The summed E-state index contributed by atoms with van der Waals surface area (Å²) in [7, 11) is 0. The van der Waals surface area contributed by atoms with Crippen molar-refractivity contribution < 1.29 is 38.1 Å². The fourth-order valence-corrected chi connectivity index (χ4v) is 7.79. The number of allylic oxidation sites excluding steroid dienone is 6. The third-order valence-corrected chi connectivity index (χ3v) is 11.9. The Balaban J connectivity index is 2.47. The molecule has 0 aromatic heterocycles. The summed E-state index contributed by atoms with van der Waals surface area (Å²) in [6, 6.07) is 0. The molecule has 1 fully saturated rings. The fourth-order valence-electron chi connectivity index (χ4n) is 7.79. The van der Waals surface area contributed by atoms with Gasteiger partial charge in [0.25, 0.3) is 0 Å². The van der Waals surface area contributed by atoms with Crippen LogP contribution in [0.3, 0.4) is 0 Å². The third kappa shape index (κ3) is 39.2. The van der Waals surface area contributed by atoms with Gasteiger partial charge in [0.1, 0.15) is 19.3 Å². The van der Waals surface area contributed by atoms with E-state index in [0.29, 0.717) is 25.8 Å². The zero-order chi connectivity index (χ0) is 46.4. The average Bonchev–Trinajstić information content (AvgIpc) is 3.81. The van der Waals surface area contributed by atoms with E-state index in [4.69, 9.17) is 18.9 Å². The Morgan fingerprint density at radius 2 is 0.938 bits per heavy atom. The zero-order valence-electron chi connectivity index (χ0n) is 41.4. The summed E-state index contributed by atoms with van der Waals surface area (Å²) in [6.07, 6.45) is 45.1. The highest BCUT2D eigenvalue weighted by molar-refractivity contribution is 5.71. The largest absolute Gasteiger partial charge is 0.462 e. The number of esters is 3. The van der Waals surface area contributed by atoms with Crippen molar-refractivity contribution in [3.63, 3.8) is 0 Å². The molecule has 10 nitrogen and oxygen atoms in total. The molecule has 1 aliphatic rings. The molecule has 0 aromatic rings. The molecule has 2 atom stereocenters. The quantitative estimate of drug-likeness (QED) is 0.0276. The highest BCUT2D eigenvalue weighted by Gasteiger charge is 2.22. The second-order valence-electron chi connectivity index (χ2n) is 18.0. The summed E-state index contributed by atoms with van der Waals surface area (Å²) in [5.74, 6) is -1.21. The smallest absolute Gasteiger partial charge is 0.407 e. The second kappa shape index (κ2) is 45.0. The van der Waals surface area contributed by atoms with Gasteiger partial charge >= 0.3 is 24.0 Å². The first-order valence-corrected chi connectivity index (χ1v) is 26.5. The van der Waals surface area contributed by atoms with E-state index < -0.39 is 24.3 Å². The number of amides is 1. The van der Waals surface area contributed by atoms with Crippen LogP contribution in [-0.4, -0.2) is 80.5 Å². The molecule has 0 aliphatic carbocycles. The van der Waals surface area contributed by atoms with Gasteiger partial charge in [-0.05, 0) is 109 Å². The number of alkyl carbamates (subject to hydrolysis) is 1. The number of rotatable bonds is 44. The van der Waals surface area contributed by atoms with Crippen molar-refractivity contribution >= 4 is 24.0 Å². The number of nitrogens with zero attached hydrogens (tertiary/aromatic N) is 1. The minimum Gasteiger partial charge on any atom is -0.462 e. The van der Waals surface area contributed by atoms with Crippen molar-refractivity contribution in [1.29, 1.82) is 0 Å². The molecule has 0 spiro atoms. The number of likely N-dealkylation sites (tertiary alicyclic amines) is 1. The number of ether oxygens (including phenoxy) is 4. The van der Waals surface area contributed by atoms with Crippen LogP contribution < -0.4 is 5.32 Å². The summed E-state index contributed by atoms with van der Waals surface area (Å²) < 4.78 is 22.5. The molecule has 64 heavy (non-hydrogen) atoms. The maximum absolute atomic E-state index is 13.1. The summed E-state index contributed by atoms with van der Waals surface area (Å²) in [5.41, 5.74) is 0. The molecule has 0 radical (unpaired) electrons. The van der Waals surface area contributed by atoms with E-state index in [-0.39, 0.29) is 38.0 Å². The number of carbonyl (C=O) groups is 4. The number of carbonyl (C=O) groups excluding carboxylic acids is 4. The number of hydrogen-bond acceptors (Lipinski definition) is 9. The molecular weight excluding hydrogens is 805 g/mol.